The van der Waals surface area contributed by atoms with Crippen LogP contribution in [0.15, 0.2) is 179 Å². The lowest BCUT2D eigenvalue weighted by Crippen LogP contribution is -2.02. The van der Waals surface area contributed by atoms with Crippen LogP contribution in [-0.4, -0.2) is 19.5 Å². The first kappa shape index (κ1) is 29.9. The number of para-hydroxylation sites is 4. The van der Waals surface area contributed by atoms with Crippen LogP contribution in [0.3, 0.4) is 0 Å². The molecule has 0 radical (unpaired) electrons. The van der Waals surface area contributed by atoms with Gasteiger partial charge in [0.1, 0.15) is 22.3 Å². The molecule has 0 amide bonds. The van der Waals surface area contributed by atoms with Crippen molar-refractivity contribution in [3.8, 4) is 39.9 Å². The first-order valence-electron chi connectivity index (χ1n) is 18.4. The summed E-state index contributed by atoms with van der Waals surface area (Å²) in [7, 11) is 0. The van der Waals surface area contributed by atoms with Gasteiger partial charge in [-0.05, 0) is 47.2 Å². The highest BCUT2D eigenvalue weighted by atomic mass is 16.3. The van der Waals surface area contributed by atoms with E-state index >= 15 is 0 Å². The van der Waals surface area contributed by atoms with E-state index in [-0.39, 0.29) is 0 Å². The fourth-order valence-corrected chi connectivity index (χ4v) is 8.42. The summed E-state index contributed by atoms with van der Waals surface area (Å²) < 4.78 is 15.5. The molecule has 256 valence electrons. The van der Waals surface area contributed by atoms with Crippen LogP contribution in [0.2, 0.25) is 0 Å². The number of nitrogens with zero attached hydrogens (tertiary/aromatic N) is 4. The zero-order valence-electron chi connectivity index (χ0n) is 29.3. The van der Waals surface area contributed by atoms with E-state index in [4.69, 9.17) is 23.8 Å². The first-order valence-corrected chi connectivity index (χ1v) is 18.4. The summed E-state index contributed by atoms with van der Waals surface area (Å²) in [4.78, 5) is 15.7. The van der Waals surface area contributed by atoms with E-state index in [1.807, 2.05) is 78.9 Å². The fraction of sp³-hybridized carbons (Fsp3) is 0. The van der Waals surface area contributed by atoms with Gasteiger partial charge in [-0.3, -0.25) is 0 Å². The second kappa shape index (κ2) is 11.5. The largest absolute Gasteiger partial charge is 0.456 e. The van der Waals surface area contributed by atoms with Crippen molar-refractivity contribution in [3.05, 3.63) is 170 Å². The zero-order valence-corrected chi connectivity index (χ0v) is 29.3. The predicted molar refractivity (Wildman–Crippen MR) is 223 cm³/mol. The molecular formula is C49H28N4O2. The minimum absolute atomic E-state index is 0.531. The molecule has 0 saturated carbocycles. The SMILES string of the molecule is c1ccc(-c2nc(-c3cccc4c3oc3ccccc34)nc(-c3cc(-n4c5ccccc5c5c6ccccc6ccc54)cc4oc5ccccc5c34)n2)cc1. The Balaban J connectivity index is 1.19. The van der Waals surface area contributed by atoms with Gasteiger partial charge in [0.2, 0.25) is 0 Å². The Bertz CT molecular complexity index is 3500. The van der Waals surface area contributed by atoms with E-state index in [2.05, 4.69) is 95.6 Å². The average Bonchev–Trinajstić information content (AvgIpc) is 3.93. The molecule has 0 saturated heterocycles. The van der Waals surface area contributed by atoms with Gasteiger partial charge in [-0.1, -0.05) is 127 Å². The third-order valence-corrected chi connectivity index (χ3v) is 10.8. The van der Waals surface area contributed by atoms with E-state index in [1.54, 1.807) is 0 Å². The quantitative estimate of drug-likeness (QED) is 0.182. The van der Waals surface area contributed by atoms with Gasteiger partial charge in [0, 0.05) is 49.5 Å². The Hall–Kier alpha value is -7.57. The fourth-order valence-electron chi connectivity index (χ4n) is 8.42. The molecule has 0 aliphatic rings. The van der Waals surface area contributed by atoms with Gasteiger partial charge in [-0.25, -0.2) is 15.0 Å². The normalized spacial score (nSPS) is 12.0. The van der Waals surface area contributed by atoms with Crippen molar-refractivity contribution in [1.82, 2.24) is 19.5 Å². The van der Waals surface area contributed by atoms with Crippen molar-refractivity contribution < 1.29 is 8.83 Å². The van der Waals surface area contributed by atoms with Crippen molar-refractivity contribution in [2.45, 2.75) is 0 Å². The third kappa shape index (κ3) is 4.46. The molecular weight excluding hydrogens is 677 g/mol. The molecule has 0 spiro atoms. The van der Waals surface area contributed by atoms with Gasteiger partial charge < -0.3 is 13.4 Å². The lowest BCUT2D eigenvalue weighted by Gasteiger charge is -2.13. The van der Waals surface area contributed by atoms with Gasteiger partial charge in [-0.15, -0.1) is 0 Å². The van der Waals surface area contributed by atoms with Crippen molar-refractivity contribution in [2.75, 3.05) is 0 Å². The van der Waals surface area contributed by atoms with Crippen LogP contribution in [0, 0.1) is 0 Å². The Labute approximate surface area is 313 Å². The summed E-state index contributed by atoms with van der Waals surface area (Å²) in [6.45, 7) is 0. The number of benzene rings is 8. The maximum atomic E-state index is 6.67. The van der Waals surface area contributed by atoms with Crippen molar-refractivity contribution in [3.63, 3.8) is 0 Å². The second-order valence-electron chi connectivity index (χ2n) is 14.0. The van der Waals surface area contributed by atoms with Gasteiger partial charge >= 0.3 is 0 Å². The highest BCUT2D eigenvalue weighted by Crippen LogP contribution is 2.43. The number of fused-ring (bicyclic) bond motifs is 11. The average molecular weight is 705 g/mol. The lowest BCUT2D eigenvalue weighted by atomic mass is 10.0. The molecule has 0 aliphatic carbocycles. The van der Waals surface area contributed by atoms with E-state index in [0.29, 0.717) is 17.5 Å². The molecule has 0 N–H and O–H groups in total. The summed E-state index contributed by atoms with van der Waals surface area (Å²) in [6, 6.07) is 58.5. The predicted octanol–water partition coefficient (Wildman–Crippen LogP) is 12.9. The standard InChI is InChI=1S/C49H28N4O2/c1-2-14-30(15-3-1)47-50-48(37-21-12-20-34-33-17-7-10-23-41(33)55-46(34)37)52-49(51-47)38-27-31(28-43-45(38)36-19-8-11-24-42(36)54-43)53-39-22-9-6-18-35(39)44-32-16-5-4-13-29(32)25-26-40(44)53/h1-28H. The summed E-state index contributed by atoms with van der Waals surface area (Å²) >= 11 is 0. The van der Waals surface area contributed by atoms with Crippen LogP contribution in [0.5, 0.6) is 0 Å². The molecule has 4 aromatic heterocycles. The van der Waals surface area contributed by atoms with E-state index in [1.165, 1.54) is 21.5 Å². The maximum Gasteiger partial charge on any atom is 0.167 e. The minimum atomic E-state index is 0.531. The van der Waals surface area contributed by atoms with E-state index < -0.39 is 0 Å². The van der Waals surface area contributed by atoms with Gasteiger partial charge in [0.15, 0.2) is 17.5 Å². The smallest absolute Gasteiger partial charge is 0.167 e. The Morgan fingerprint density at radius 2 is 1.04 bits per heavy atom. The van der Waals surface area contributed by atoms with Crippen LogP contribution >= 0.6 is 0 Å². The maximum absolute atomic E-state index is 6.67. The Morgan fingerprint density at radius 1 is 0.382 bits per heavy atom. The van der Waals surface area contributed by atoms with E-state index in [0.717, 1.165) is 77.3 Å². The second-order valence-corrected chi connectivity index (χ2v) is 14.0. The Morgan fingerprint density at radius 3 is 1.89 bits per heavy atom. The number of hydrogen-bond acceptors (Lipinski definition) is 5. The van der Waals surface area contributed by atoms with Gasteiger partial charge in [0.05, 0.1) is 22.3 Å². The van der Waals surface area contributed by atoms with Crippen LogP contribution in [-0.2, 0) is 0 Å². The highest BCUT2D eigenvalue weighted by molar-refractivity contribution is 6.22. The zero-order chi connectivity index (χ0) is 36.0. The molecule has 6 nitrogen and oxygen atoms in total. The van der Waals surface area contributed by atoms with Crippen molar-refractivity contribution >= 4 is 76.5 Å². The van der Waals surface area contributed by atoms with Gasteiger partial charge in [0.25, 0.3) is 0 Å². The molecule has 12 rings (SSSR count). The molecule has 0 aliphatic heterocycles. The number of hydrogen-bond donors (Lipinski definition) is 0. The molecule has 0 atom stereocenters. The molecule has 8 aromatic carbocycles. The van der Waals surface area contributed by atoms with Gasteiger partial charge in [-0.2, -0.15) is 0 Å². The van der Waals surface area contributed by atoms with Crippen molar-refractivity contribution in [1.29, 1.82) is 0 Å². The first-order chi connectivity index (χ1) is 27.3. The van der Waals surface area contributed by atoms with E-state index in [9.17, 15) is 0 Å². The minimum Gasteiger partial charge on any atom is -0.456 e. The highest BCUT2D eigenvalue weighted by Gasteiger charge is 2.23. The lowest BCUT2D eigenvalue weighted by molar-refractivity contribution is 0.668. The molecule has 0 unspecified atom stereocenters. The van der Waals surface area contributed by atoms with Crippen LogP contribution in [0.25, 0.3) is 116 Å². The topological polar surface area (TPSA) is 69.9 Å². The van der Waals surface area contributed by atoms with Crippen LogP contribution in [0.4, 0.5) is 0 Å². The molecule has 12 aromatic rings. The van der Waals surface area contributed by atoms with Crippen LogP contribution < -0.4 is 0 Å². The molecule has 0 bridgehead atoms. The number of aromatic nitrogens is 4. The summed E-state index contributed by atoms with van der Waals surface area (Å²) in [5.74, 6) is 1.65. The van der Waals surface area contributed by atoms with Crippen molar-refractivity contribution in [2.24, 2.45) is 0 Å². The molecule has 4 heterocycles. The number of rotatable bonds is 4. The monoisotopic (exact) mass is 704 g/mol. The van der Waals surface area contributed by atoms with Crippen LogP contribution in [0.1, 0.15) is 0 Å². The molecule has 55 heavy (non-hydrogen) atoms. The molecule has 6 heteroatoms. The summed E-state index contributed by atoms with van der Waals surface area (Å²) in [6.07, 6.45) is 0. The summed E-state index contributed by atoms with van der Waals surface area (Å²) in [5.41, 5.74) is 8.82. The Kier molecular flexibility index (Phi) is 6.24. The summed E-state index contributed by atoms with van der Waals surface area (Å²) in [5, 5.41) is 8.83. The molecule has 0 fully saturated rings. The third-order valence-electron chi connectivity index (χ3n) is 10.8. The number of furan rings is 2.